The quantitative estimate of drug-likeness (QED) is 0.839. The maximum absolute atomic E-state index is 12.9. The molecule has 88 valence electrons. The molecule has 0 saturated carbocycles. The first kappa shape index (κ1) is 11.9. The molecule has 17 heavy (non-hydrogen) atoms. The molecule has 0 spiro atoms. The van der Waals surface area contributed by atoms with Gasteiger partial charge in [-0.15, -0.1) is 0 Å². The monoisotopic (exact) mass is 250 g/mol. The van der Waals surface area contributed by atoms with Gasteiger partial charge in [0.15, 0.2) is 0 Å². The van der Waals surface area contributed by atoms with Crippen LogP contribution in [0.1, 0.15) is 11.1 Å². The first-order chi connectivity index (χ1) is 8.15. The Balaban J connectivity index is 2.07. The SMILES string of the molecule is Cc1cc(F)ccc1CNc1cccc(Cl)n1. The van der Waals surface area contributed by atoms with E-state index in [9.17, 15) is 4.39 Å². The summed E-state index contributed by atoms with van der Waals surface area (Å²) in [5.41, 5.74) is 1.95. The Morgan fingerprint density at radius 2 is 2.12 bits per heavy atom. The van der Waals surface area contributed by atoms with Crippen LogP contribution in [-0.2, 0) is 6.54 Å². The normalized spacial score (nSPS) is 10.3. The average Bonchev–Trinajstić information content (AvgIpc) is 2.28. The number of hydrogen-bond acceptors (Lipinski definition) is 2. The van der Waals surface area contributed by atoms with Gasteiger partial charge in [-0.1, -0.05) is 23.7 Å². The van der Waals surface area contributed by atoms with Crippen molar-refractivity contribution < 1.29 is 4.39 Å². The molecule has 1 N–H and O–H groups in total. The van der Waals surface area contributed by atoms with Crippen molar-refractivity contribution in [2.75, 3.05) is 5.32 Å². The Morgan fingerprint density at radius 3 is 2.82 bits per heavy atom. The average molecular weight is 251 g/mol. The maximum Gasteiger partial charge on any atom is 0.131 e. The smallest absolute Gasteiger partial charge is 0.131 e. The predicted molar refractivity (Wildman–Crippen MR) is 67.7 cm³/mol. The van der Waals surface area contributed by atoms with Gasteiger partial charge < -0.3 is 5.32 Å². The standard InChI is InChI=1S/C13H12ClFN2/c1-9-7-11(15)6-5-10(9)8-16-13-4-2-3-12(14)17-13/h2-7H,8H2,1H3,(H,16,17). The van der Waals surface area contributed by atoms with Crippen LogP contribution in [0.15, 0.2) is 36.4 Å². The van der Waals surface area contributed by atoms with E-state index >= 15 is 0 Å². The molecule has 2 nitrogen and oxygen atoms in total. The number of hydrogen-bond donors (Lipinski definition) is 1. The van der Waals surface area contributed by atoms with Gasteiger partial charge >= 0.3 is 0 Å². The zero-order valence-electron chi connectivity index (χ0n) is 9.37. The Kier molecular flexibility index (Phi) is 3.59. The van der Waals surface area contributed by atoms with Crippen molar-refractivity contribution in [3.05, 3.63) is 58.5 Å². The number of pyridine rings is 1. The van der Waals surface area contributed by atoms with Crippen LogP contribution in [0.5, 0.6) is 0 Å². The van der Waals surface area contributed by atoms with Crippen molar-refractivity contribution in [1.29, 1.82) is 0 Å². The van der Waals surface area contributed by atoms with E-state index in [2.05, 4.69) is 10.3 Å². The molecule has 0 unspecified atom stereocenters. The Morgan fingerprint density at radius 1 is 1.29 bits per heavy atom. The summed E-state index contributed by atoms with van der Waals surface area (Å²) in [4.78, 5) is 4.12. The van der Waals surface area contributed by atoms with Crippen LogP contribution >= 0.6 is 11.6 Å². The fraction of sp³-hybridized carbons (Fsp3) is 0.154. The van der Waals surface area contributed by atoms with E-state index in [4.69, 9.17) is 11.6 Å². The molecule has 0 bridgehead atoms. The molecule has 2 rings (SSSR count). The molecule has 0 saturated heterocycles. The largest absolute Gasteiger partial charge is 0.366 e. The summed E-state index contributed by atoms with van der Waals surface area (Å²) in [5.74, 6) is 0.494. The molecule has 0 radical (unpaired) electrons. The fourth-order valence-electron chi connectivity index (χ4n) is 1.55. The van der Waals surface area contributed by atoms with E-state index in [1.165, 1.54) is 12.1 Å². The Bertz CT molecular complexity index is 529. The van der Waals surface area contributed by atoms with E-state index in [1.807, 2.05) is 19.1 Å². The summed E-state index contributed by atoms with van der Waals surface area (Å²) in [7, 11) is 0. The third-order valence-corrected chi connectivity index (χ3v) is 2.69. The predicted octanol–water partition coefficient (Wildman–Crippen LogP) is 3.79. The highest BCUT2D eigenvalue weighted by molar-refractivity contribution is 6.29. The van der Waals surface area contributed by atoms with Gasteiger partial charge in [0, 0.05) is 6.54 Å². The molecule has 0 aliphatic rings. The summed E-state index contributed by atoms with van der Waals surface area (Å²) < 4.78 is 12.9. The van der Waals surface area contributed by atoms with Crippen LogP contribution < -0.4 is 5.32 Å². The lowest BCUT2D eigenvalue weighted by Gasteiger charge is -2.08. The number of nitrogens with zero attached hydrogens (tertiary/aromatic N) is 1. The number of aryl methyl sites for hydroxylation is 1. The summed E-state index contributed by atoms with van der Waals surface area (Å²) in [5, 5.41) is 3.59. The van der Waals surface area contributed by atoms with E-state index in [-0.39, 0.29) is 5.82 Å². The number of nitrogens with one attached hydrogen (secondary N) is 1. The Labute approximate surface area is 104 Å². The first-order valence-corrected chi connectivity index (χ1v) is 5.64. The van der Waals surface area contributed by atoms with Gasteiger partial charge in [-0.2, -0.15) is 0 Å². The maximum atomic E-state index is 12.9. The number of anilines is 1. The summed E-state index contributed by atoms with van der Waals surface area (Å²) in [6.45, 7) is 2.48. The van der Waals surface area contributed by atoms with E-state index in [1.54, 1.807) is 12.1 Å². The van der Waals surface area contributed by atoms with Crippen LogP contribution in [-0.4, -0.2) is 4.98 Å². The van der Waals surface area contributed by atoms with Crippen LogP contribution in [0.3, 0.4) is 0 Å². The highest BCUT2D eigenvalue weighted by Crippen LogP contribution is 2.13. The van der Waals surface area contributed by atoms with Crippen LogP contribution in [0, 0.1) is 12.7 Å². The number of aromatic nitrogens is 1. The minimum Gasteiger partial charge on any atom is -0.366 e. The first-order valence-electron chi connectivity index (χ1n) is 5.26. The van der Waals surface area contributed by atoms with Crippen molar-refractivity contribution in [3.63, 3.8) is 0 Å². The van der Waals surface area contributed by atoms with E-state index in [0.717, 1.165) is 11.1 Å². The molecule has 1 aromatic carbocycles. The molecule has 0 amide bonds. The fourth-order valence-corrected chi connectivity index (χ4v) is 1.71. The molecule has 1 heterocycles. The van der Waals surface area contributed by atoms with E-state index < -0.39 is 0 Å². The second kappa shape index (κ2) is 5.15. The van der Waals surface area contributed by atoms with Gasteiger partial charge in [0.25, 0.3) is 0 Å². The van der Waals surface area contributed by atoms with Gasteiger partial charge in [-0.25, -0.2) is 9.37 Å². The van der Waals surface area contributed by atoms with Crippen LogP contribution in [0.4, 0.5) is 10.2 Å². The molecule has 0 fully saturated rings. The summed E-state index contributed by atoms with van der Waals surface area (Å²) >= 11 is 5.78. The minimum absolute atomic E-state index is 0.216. The van der Waals surface area contributed by atoms with Gasteiger partial charge in [-0.05, 0) is 42.3 Å². The Hall–Kier alpha value is -1.61. The molecule has 2 aromatic rings. The van der Waals surface area contributed by atoms with Crippen molar-refractivity contribution in [3.8, 4) is 0 Å². The van der Waals surface area contributed by atoms with Crippen molar-refractivity contribution in [2.24, 2.45) is 0 Å². The number of halogens is 2. The highest BCUT2D eigenvalue weighted by Gasteiger charge is 2.01. The molecule has 1 aromatic heterocycles. The van der Waals surface area contributed by atoms with Crippen LogP contribution in [0.25, 0.3) is 0 Å². The lowest BCUT2D eigenvalue weighted by molar-refractivity contribution is 0.625. The molecule has 0 aliphatic carbocycles. The van der Waals surface area contributed by atoms with Gasteiger partial charge in [0.1, 0.15) is 16.8 Å². The minimum atomic E-state index is -0.216. The van der Waals surface area contributed by atoms with Gasteiger partial charge in [-0.3, -0.25) is 0 Å². The molecular weight excluding hydrogens is 239 g/mol. The van der Waals surface area contributed by atoms with Crippen molar-refractivity contribution in [1.82, 2.24) is 4.98 Å². The summed E-state index contributed by atoms with van der Waals surface area (Å²) in [6, 6.07) is 10.1. The van der Waals surface area contributed by atoms with Gasteiger partial charge in [0.05, 0.1) is 0 Å². The topological polar surface area (TPSA) is 24.9 Å². The lowest BCUT2D eigenvalue weighted by Crippen LogP contribution is -2.03. The van der Waals surface area contributed by atoms with Crippen molar-refractivity contribution in [2.45, 2.75) is 13.5 Å². The van der Waals surface area contributed by atoms with E-state index in [0.29, 0.717) is 17.5 Å². The number of rotatable bonds is 3. The highest BCUT2D eigenvalue weighted by atomic mass is 35.5. The zero-order valence-corrected chi connectivity index (χ0v) is 10.1. The summed E-state index contributed by atoms with van der Waals surface area (Å²) in [6.07, 6.45) is 0. The van der Waals surface area contributed by atoms with Crippen LogP contribution in [0.2, 0.25) is 5.15 Å². The van der Waals surface area contributed by atoms with Crippen molar-refractivity contribution >= 4 is 17.4 Å². The third kappa shape index (κ3) is 3.17. The molecule has 4 heteroatoms. The lowest BCUT2D eigenvalue weighted by atomic mass is 10.1. The number of benzene rings is 1. The molecule has 0 aliphatic heterocycles. The third-order valence-electron chi connectivity index (χ3n) is 2.48. The molecule has 0 atom stereocenters. The second-order valence-electron chi connectivity index (χ2n) is 3.77. The van der Waals surface area contributed by atoms with Gasteiger partial charge in [0.2, 0.25) is 0 Å². The molecular formula is C13H12ClFN2. The second-order valence-corrected chi connectivity index (χ2v) is 4.16. The zero-order chi connectivity index (χ0) is 12.3.